The van der Waals surface area contributed by atoms with Crippen LogP contribution in [0.2, 0.25) is 0 Å². The topological polar surface area (TPSA) is 128 Å². The van der Waals surface area contributed by atoms with Gasteiger partial charge in [-0.05, 0) is 62.4 Å². The molecule has 0 saturated heterocycles. The summed E-state index contributed by atoms with van der Waals surface area (Å²) in [6.07, 6.45) is 4.70. The van der Waals surface area contributed by atoms with E-state index in [9.17, 15) is 9.59 Å². The Bertz CT molecular complexity index is 1520. The zero-order chi connectivity index (χ0) is 27.5. The number of fused-ring (bicyclic) bond motifs is 1. The summed E-state index contributed by atoms with van der Waals surface area (Å²) in [5, 5.41) is 6.23. The summed E-state index contributed by atoms with van der Waals surface area (Å²) in [4.78, 5) is 40.0. The van der Waals surface area contributed by atoms with Crippen LogP contribution in [0.15, 0.2) is 65.7 Å². The Hall–Kier alpha value is -3.66. The fraction of sp³-hybridized carbons (Fsp3) is 0.300. The number of carbonyl (C=O) groups is 1. The summed E-state index contributed by atoms with van der Waals surface area (Å²) in [5.74, 6) is 0.377. The number of halogens is 3. The number of anilines is 2. The van der Waals surface area contributed by atoms with E-state index in [1.807, 2.05) is 38.2 Å². The Labute approximate surface area is 264 Å². The molecule has 0 radical (unpaired) electrons. The van der Waals surface area contributed by atoms with Crippen LogP contribution < -0.4 is 21.9 Å². The number of aromatic nitrogens is 4. The van der Waals surface area contributed by atoms with Crippen LogP contribution in [0.25, 0.3) is 0 Å². The Morgan fingerprint density at radius 3 is 2.36 bits per heavy atom. The molecule has 0 aliphatic carbocycles. The monoisotopic (exact) mass is 631 g/mol. The van der Waals surface area contributed by atoms with Gasteiger partial charge in [0.15, 0.2) is 5.82 Å². The average molecular weight is 633 g/mol. The van der Waals surface area contributed by atoms with Gasteiger partial charge < -0.3 is 16.4 Å². The molecule has 3 aromatic heterocycles. The van der Waals surface area contributed by atoms with Gasteiger partial charge in [0.25, 0.3) is 5.56 Å². The summed E-state index contributed by atoms with van der Waals surface area (Å²) in [6.45, 7) is 6.66. The summed E-state index contributed by atoms with van der Waals surface area (Å²) < 4.78 is 1.57. The number of amides is 1. The van der Waals surface area contributed by atoms with E-state index in [1.165, 1.54) is 5.56 Å². The maximum Gasteiger partial charge on any atom is 0.294 e. The maximum atomic E-state index is 13.5. The minimum atomic E-state index is -0.593. The van der Waals surface area contributed by atoms with Crippen LogP contribution in [0.5, 0.6) is 0 Å². The van der Waals surface area contributed by atoms with Crippen molar-refractivity contribution in [2.24, 2.45) is 0 Å². The number of benzene rings is 1. The summed E-state index contributed by atoms with van der Waals surface area (Å²) in [5.41, 5.74) is 12.1. The molecule has 0 fully saturated rings. The number of pyridine rings is 2. The van der Waals surface area contributed by atoms with Gasteiger partial charge in [0.05, 0.1) is 0 Å². The molecule has 1 aromatic carbocycles. The van der Waals surface area contributed by atoms with E-state index in [2.05, 4.69) is 56.8 Å². The molecule has 0 spiro atoms. The fourth-order valence-electron chi connectivity index (χ4n) is 4.98. The van der Waals surface area contributed by atoms with Crippen LogP contribution in [-0.4, -0.2) is 32.0 Å². The third kappa shape index (κ3) is 7.59. The van der Waals surface area contributed by atoms with Crippen molar-refractivity contribution < 1.29 is 4.79 Å². The van der Waals surface area contributed by atoms with Crippen LogP contribution in [0.4, 0.5) is 11.6 Å². The predicted octanol–water partition coefficient (Wildman–Crippen LogP) is 4.85. The number of rotatable bonds is 8. The minimum absolute atomic E-state index is 0. The van der Waals surface area contributed by atoms with Crippen LogP contribution in [0.3, 0.4) is 0 Å². The molecular formula is C30H36Cl3N7O2. The molecule has 224 valence electrons. The Balaban J connectivity index is 0.00000205. The lowest BCUT2D eigenvalue weighted by Crippen LogP contribution is -2.36. The first-order valence-corrected chi connectivity index (χ1v) is 13.1. The smallest absolute Gasteiger partial charge is 0.294 e. The number of carbonyl (C=O) groups excluding carboxylic acids is 1. The van der Waals surface area contributed by atoms with Crippen LogP contribution in [0, 0.1) is 20.8 Å². The van der Waals surface area contributed by atoms with Crippen molar-refractivity contribution in [3.05, 3.63) is 111 Å². The van der Waals surface area contributed by atoms with Crippen LogP contribution in [0.1, 0.15) is 57.7 Å². The van der Waals surface area contributed by atoms with E-state index in [1.54, 1.807) is 16.8 Å². The van der Waals surface area contributed by atoms with E-state index < -0.39 is 6.04 Å². The van der Waals surface area contributed by atoms with Gasteiger partial charge >= 0.3 is 0 Å². The van der Waals surface area contributed by atoms with E-state index in [0.717, 1.165) is 33.8 Å². The van der Waals surface area contributed by atoms with E-state index >= 15 is 0 Å². The highest BCUT2D eigenvalue weighted by molar-refractivity contribution is 5.86. The summed E-state index contributed by atoms with van der Waals surface area (Å²) in [7, 11) is 0. The van der Waals surface area contributed by atoms with Crippen molar-refractivity contribution in [1.29, 1.82) is 0 Å². The molecule has 1 amide bonds. The zero-order valence-electron chi connectivity index (χ0n) is 23.7. The van der Waals surface area contributed by atoms with Gasteiger partial charge in [-0.1, -0.05) is 42.0 Å². The van der Waals surface area contributed by atoms with Gasteiger partial charge in [-0.2, -0.15) is 0 Å². The predicted molar refractivity (Wildman–Crippen MR) is 173 cm³/mol. The Morgan fingerprint density at radius 1 is 0.976 bits per heavy atom. The Morgan fingerprint density at radius 2 is 1.69 bits per heavy atom. The highest BCUT2D eigenvalue weighted by Crippen LogP contribution is 2.26. The van der Waals surface area contributed by atoms with Crippen molar-refractivity contribution in [1.82, 2.24) is 24.8 Å². The second kappa shape index (κ2) is 15.0. The van der Waals surface area contributed by atoms with Gasteiger partial charge in [0.1, 0.15) is 11.9 Å². The largest absolute Gasteiger partial charge is 0.384 e. The molecule has 1 aliphatic rings. The first-order valence-electron chi connectivity index (χ1n) is 13.1. The van der Waals surface area contributed by atoms with Crippen molar-refractivity contribution in [2.45, 2.75) is 52.1 Å². The molecule has 4 heterocycles. The van der Waals surface area contributed by atoms with Gasteiger partial charge in [-0.15, -0.1) is 37.2 Å². The lowest BCUT2D eigenvalue weighted by atomic mass is 9.94. The number of nitrogens with zero attached hydrogens (tertiary/aromatic N) is 4. The van der Waals surface area contributed by atoms with E-state index in [4.69, 9.17) is 5.73 Å². The number of nitrogens with two attached hydrogens (primary N) is 1. The normalized spacial score (nSPS) is 13.9. The molecule has 0 unspecified atom stereocenters. The SMILES string of the molecule is Cc1ccc([C@H](CNc2ncc3n(c2=O)[C@H](C(=O)NCc2ccc(N)nc2C)CC3)c2ccc(C)cn2)cc1.Cl.Cl.Cl. The highest BCUT2D eigenvalue weighted by atomic mass is 35.5. The molecule has 0 bridgehead atoms. The van der Waals surface area contributed by atoms with Gasteiger partial charge in [0, 0.05) is 48.5 Å². The average Bonchev–Trinajstić information content (AvgIpc) is 3.36. The molecule has 4 N–H and O–H groups in total. The number of nitrogens with one attached hydrogen (secondary N) is 2. The first-order chi connectivity index (χ1) is 18.8. The second-order valence-electron chi connectivity index (χ2n) is 10.1. The highest BCUT2D eigenvalue weighted by Gasteiger charge is 2.31. The van der Waals surface area contributed by atoms with Gasteiger partial charge in [-0.25, -0.2) is 9.97 Å². The number of nitrogen functional groups attached to an aromatic ring is 1. The fourth-order valence-corrected chi connectivity index (χ4v) is 4.98. The quantitative estimate of drug-likeness (QED) is 0.253. The number of hydrogen-bond acceptors (Lipinski definition) is 7. The molecule has 5 rings (SSSR count). The summed E-state index contributed by atoms with van der Waals surface area (Å²) >= 11 is 0. The van der Waals surface area contributed by atoms with Crippen LogP contribution >= 0.6 is 37.2 Å². The molecule has 9 nitrogen and oxygen atoms in total. The van der Waals surface area contributed by atoms with Crippen molar-refractivity contribution in [2.75, 3.05) is 17.6 Å². The van der Waals surface area contributed by atoms with Gasteiger partial charge in [0.2, 0.25) is 5.91 Å². The second-order valence-corrected chi connectivity index (χ2v) is 10.1. The molecule has 0 saturated carbocycles. The van der Waals surface area contributed by atoms with Crippen molar-refractivity contribution in [3.8, 4) is 0 Å². The number of aryl methyl sites for hydroxylation is 4. The Kier molecular flexibility index (Phi) is 12.3. The van der Waals surface area contributed by atoms with Crippen molar-refractivity contribution >= 4 is 54.8 Å². The molecule has 2 atom stereocenters. The molecule has 1 aliphatic heterocycles. The minimum Gasteiger partial charge on any atom is -0.384 e. The zero-order valence-corrected chi connectivity index (χ0v) is 26.1. The summed E-state index contributed by atoms with van der Waals surface area (Å²) in [6, 6.07) is 15.4. The van der Waals surface area contributed by atoms with Crippen molar-refractivity contribution in [3.63, 3.8) is 0 Å². The van der Waals surface area contributed by atoms with Crippen LogP contribution in [-0.2, 0) is 17.8 Å². The third-order valence-corrected chi connectivity index (χ3v) is 7.28. The lowest BCUT2D eigenvalue weighted by Gasteiger charge is -2.20. The molecule has 12 heteroatoms. The first kappa shape index (κ1) is 34.5. The van der Waals surface area contributed by atoms with E-state index in [0.29, 0.717) is 31.7 Å². The lowest BCUT2D eigenvalue weighted by molar-refractivity contribution is -0.124. The molecular weight excluding hydrogens is 597 g/mol. The third-order valence-electron chi connectivity index (χ3n) is 7.28. The number of hydrogen-bond donors (Lipinski definition) is 3. The molecule has 4 aromatic rings. The standard InChI is InChI=1S/C30H33N7O2.3ClH/c1-18-4-7-21(8-5-18)24(25-11-6-19(2)14-32-25)17-34-28-30(39)37-23(16-33-28)10-12-26(37)29(38)35-15-22-9-13-27(31)36-20(22)3;;;/h4-9,11,13-14,16,24,26H,10,12,15,17H2,1-3H3,(H2,31,36)(H,33,34)(H,35,38);3*1H/t24-,26-;;;/m0.../s1. The molecule has 42 heavy (non-hydrogen) atoms. The maximum absolute atomic E-state index is 13.5. The van der Waals surface area contributed by atoms with Gasteiger partial charge in [-0.3, -0.25) is 19.1 Å². The van der Waals surface area contributed by atoms with E-state index in [-0.39, 0.29) is 60.4 Å².